The zero-order valence-electron chi connectivity index (χ0n) is 5.97. The Morgan fingerprint density at radius 2 is 2.45 bits per heavy atom. The molecule has 1 heterocycles. The molecule has 0 aliphatic heterocycles. The molecule has 11 heavy (non-hydrogen) atoms. The highest BCUT2D eigenvalue weighted by Crippen LogP contribution is 2.18. The van der Waals surface area contributed by atoms with Gasteiger partial charge >= 0.3 is 0 Å². The maximum Gasteiger partial charge on any atom is 0.214 e. The van der Waals surface area contributed by atoms with Crippen molar-refractivity contribution in [1.82, 2.24) is 4.98 Å². The van der Waals surface area contributed by atoms with Crippen LogP contribution >= 0.6 is 15.9 Å². The van der Waals surface area contributed by atoms with Crippen molar-refractivity contribution in [1.29, 1.82) is 0 Å². The Balaban J connectivity index is 3.15. The van der Waals surface area contributed by atoms with Crippen molar-refractivity contribution < 1.29 is 4.74 Å². The van der Waals surface area contributed by atoms with E-state index in [9.17, 15) is 0 Å². The summed E-state index contributed by atoms with van der Waals surface area (Å²) in [5, 5.41) is 0. The third-order valence-corrected chi connectivity index (χ3v) is 1.83. The predicted molar refractivity (Wildman–Crippen MR) is 46.4 cm³/mol. The highest BCUT2D eigenvalue weighted by atomic mass is 79.9. The van der Waals surface area contributed by atoms with Crippen LogP contribution in [-0.4, -0.2) is 12.1 Å². The maximum atomic E-state index is 5.21. The minimum absolute atomic E-state index is 0.529. The zero-order chi connectivity index (χ0) is 8.27. The number of halogens is 1. The number of pyridine rings is 1. The Hall–Kier alpha value is -1.01. The van der Waals surface area contributed by atoms with Gasteiger partial charge in [-0.1, -0.05) is 5.92 Å². The number of nitrogens with zero attached hydrogens (tertiary/aromatic N) is 1. The van der Waals surface area contributed by atoms with Gasteiger partial charge in [0.1, 0.15) is 0 Å². The van der Waals surface area contributed by atoms with Gasteiger partial charge in [0.25, 0.3) is 0 Å². The summed E-state index contributed by atoms with van der Waals surface area (Å²) in [5.74, 6) is 3.03. The first-order valence-electron chi connectivity index (χ1n) is 2.94. The molecule has 56 valence electrons. The largest absolute Gasteiger partial charge is 0.481 e. The first kappa shape index (κ1) is 8.09. The molecule has 1 aromatic rings. The van der Waals surface area contributed by atoms with Gasteiger partial charge in [0.05, 0.1) is 11.6 Å². The van der Waals surface area contributed by atoms with Crippen molar-refractivity contribution >= 4 is 15.9 Å². The monoisotopic (exact) mass is 211 g/mol. The van der Waals surface area contributed by atoms with Crippen molar-refractivity contribution in [3.05, 3.63) is 22.3 Å². The van der Waals surface area contributed by atoms with E-state index in [4.69, 9.17) is 11.2 Å². The molecule has 0 aliphatic carbocycles. The van der Waals surface area contributed by atoms with Crippen molar-refractivity contribution in [2.75, 3.05) is 7.11 Å². The summed E-state index contributed by atoms with van der Waals surface area (Å²) in [6.07, 6.45) is 6.83. The number of methoxy groups -OCH3 is 1. The summed E-state index contributed by atoms with van der Waals surface area (Å²) in [4.78, 5) is 3.94. The van der Waals surface area contributed by atoms with Crippen LogP contribution < -0.4 is 4.74 Å². The fourth-order valence-electron chi connectivity index (χ4n) is 0.642. The number of aromatic nitrogens is 1. The average molecular weight is 212 g/mol. The lowest BCUT2D eigenvalue weighted by Crippen LogP contribution is -1.88. The van der Waals surface area contributed by atoms with Crippen molar-refractivity contribution in [3.63, 3.8) is 0 Å². The van der Waals surface area contributed by atoms with Crippen LogP contribution in [0.2, 0.25) is 0 Å². The van der Waals surface area contributed by atoms with E-state index in [1.165, 1.54) is 0 Å². The van der Waals surface area contributed by atoms with E-state index >= 15 is 0 Å². The van der Waals surface area contributed by atoms with E-state index in [1.54, 1.807) is 19.4 Å². The molecule has 0 unspecified atom stereocenters. The summed E-state index contributed by atoms with van der Waals surface area (Å²) >= 11 is 3.26. The maximum absolute atomic E-state index is 5.21. The third kappa shape index (κ3) is 1.72. The van der Waals surface area contributed by atoms with Crippen LogP contribution in [0.3, 0.4) is 0 Å². The van der Waals surface area contributed by atoms with Crippen molar-refractivity contribution in [2.24, 2.45) is 0 Å². The van der Waals surface area contributed by atoms with Crippen molar-refractivity contribution in [2.45, 2.75) is 0 Å². The predicted octanol–water partition coefficient (Wildman–Crippen LogP) is 1.83. The summed E-state index contributed by atoms with van der Waals surface area (Å²) < 4.78 is 5.69. The van der Waals surface area contributed by atoms with E-state index in [1.807, 2.05) is 0 Å². The van der Waals surface area contributed by atoms with Crippen LogP contribution in [0.25, 0.3) is 0 Å². The Kier molecular flexibility index (Phi) is 2.50. The van der Waals surface area contributed by atoms with Gasteiger partial charge in [0.15, 0.2) is 0 Å². The Labute approximate surface area is 73.7 Å². The SMILES string of the molecule is C#Cc1cc(OC)ncc1Br. The van der Waals surface area contributed by atoms with Crippen LogP contribution in [0.5, 0.6) is 5.88 Å². The molecule has 2 nitrogen and oxygen atoms in total. The quantitative estimate of drug-likeness (QED) is 0.662. The van der Waals surface area contributed by atoms with E-state index in [0.29, 0.717) is 5.88 Å². The van der Waals surface area contributed by atoms with Gasteiger partial charge in [-0.3, -0.25) is 0 Å². The first-order valence-corrected chi connectivity index (χ1v) is 3.73. The van der Waals surface area contributed by atoms with Gasteiger partial charge in [0, 0.05) is 17.8 Å². The second kappa shape index (κ2) is 3.40. The summed E-state index contributed by atoms with van der Waals surface area (Å²) in [7, 11) is 1.55. The molecule has 0 amide bonds. The molecule has 0 aromatic carbocycles. The molecule has 1 aromatic heterocycles. The summed E-state index contributed by atoms with van der Waals surface area (Å²) in [6.45, 7) is 0. The normalized spacial score (nSPS) is 8.82. The van der Waals surface area contributed by atoms with Crippen LogP contribution in [0.4, 0.5) is 0 Å². The van der Waals surface area contributed by atoms with Crippen LogP contribution in [0, 0.1) is 12.3 Å². The zero-order valence-corrected chi connectivity index (χ0v) is 7.55. The van der Waals surface area contributed by atoms with E-state index in [2.05, 4.69) is 26.8 Å². The van der Waals surface area contributed by atoms with Crippen LogP contribution in [0.1, 0.15) is 5.56 Å². The van der Waals surface area contributed by atoms with E-state index in [-0.39, 0.29) is 0 Å². The molecule has 0 radical (unpaired) electrons. The Bertz CT molecular complexity index is 303. The molecule has 0 bridgehead atoms. The second-order valence-electron chi connectivity index (χ2n) is 1.85. The topological polar surface area (TPSA) is 22.1 Å². The molecule has 0 N–H and O–H groups in total. The number of terminal acetylenes is 1. The molecule has 1 rings (SSSR count). The molecular formula is C8H6BrNO. The fraction of sp³-hybridized carbons (Fsp3) is 0.125. The van der Waals surface area contributed by atoms with Crippen molar-refractivity contribution in [3.8, 4) is 18.2 Å². The average Bonchev–Trinajstić information content (AvgIpc) is 2.05. The van der Waals surface area contributed by atoms with Gasteiger partial charge in [-0.2, -0.15) is 0 Å². The molecule has 0 atom stereocenters. The highest BCUT2D eigenvalue weighted by Gasteiger charge is 1.98. The van der Waals surface area contributed by atoms with Gasteiger partial charge in [0.2, 0.25) is 5.88 Å². The molecular weight excluding hydrogens is 206 g/mol. The number of hydrogen-bond donors (Lipinski definition) is 0. The minimum Gasteiger partial charge on any atom is -0.481 e. The Morgan fingerprint density at radius 1 is 1.73 bits per heavy atom. The number of rotatable bonds is 1. The Morgan fingerprint density at radius 3 is 3.00 bits per heavy atom. The number of hydrogen-bond acceptors (Lipinski definition) is 2. The minimum atomic E-state index is 0.529. The standard InChI is InChI=1S/C8H6BrNO/c1-3-6-4-8(11-2)10-5-7(6)9/h1,4-5H,2H3. The molecule has 0 saturated carbocycles. The van der Waals surface area contributed by atoms with E-state index < -0.39 is 0 Å². The first-order chi connectivity index (χ1) is 5.27. The van der Waals surface area contributed by atoms with Gasteiger partial charge in [-0.25, -0.2) is 4.98 Å². The smallest absolute Gasteiger partial charge is 0.214 e. The molecule has 0 spiro atoms. The number of ether oxygens (including phenoxy) is 1. The molecule has 0 aliphatic rings. The van der Waals surface area contributed by atoms with Gasteiger partial charge in [-0.15, -0.1) is 6.42 Å². The van der Waals surface area contributed by atoms with Gasteiger partial charge in [-0.05, 0) is 15.9 Å². The van der Waals surface area contributed by atoms with Crippen LogP contribution in [0.15, 0.2) is 16.7 Å². The van der Waals surface area contributed by atoms with Gasteiger partial charge < -0.3 is 4.74 Å². The second-order valence-corrected chi connectivity index (χ2v) is 2.71. The molecule has 3 heteroatoms. The molecule has 0 saturated heterocycles. The fourth-order valence-corrected chi connectivity index (χ4v) is 0.973. The van der Waals surface area contributed by atoms with Crippen LogP contribution in [-0.2, 0) is 0 Å². The summed E-state index contributed by atoms with van der Waals surface area (Å²) in [6, 6.07) is 1.70. The summed E-state index contributed by atoms with van der Waals surface area (Å²) in [5.41, 5.74) is 0.747. The molecule has 0 fully saturated rings. The lowest BCUT2D eigenvalue weighted by atomic mass is 10.3. The highest BCUT2D eigenvalue weighted by molar-refractivity contribution is 9.10. The lowest BCUT2D eigenvalue weighted by molar-refractivity contribution is 0.397. The van der Waals surface area contributed by atoms with E-state index in [0.717, 1.165) is 10.0 Å². The third-order valence-electron chi connectivity index (χ3n) is 1.19. The lowest BCUT2D eigenvalue weighted by Gasteiger charge is -1.99.